The normalized spacial score (nSPS) is 10.6. The predicted molar refractivity (Wildman–Crippen MR) is 90.4 cm³/mol. The molecule has 0 atom stereocenters. The van der Waals surface area contributed by atoms with E-state index in [9.17, 15) is 4.79 Å². The summed E-state index contributed by atoms with van der Waals surface area (Å²) in [7, 11) is 0. The van der Waals surface area contributed by atoms with Crippen molar-refractivity contribution < 1.29 is 4.79 Å². The number of rotatable bonds is 9. The van der Waals surface area contributed by atoms with Gasteiger partial charge in [0.15, 0.2) is 0 Å². The number of hydrogen-bond acceptors (Lipinski definition) is 1. The molecule has 0 saturated heterocycles. The maximum Gasteiger partial charge on any atom is 0.224 e. The number of unbranched alkanes of at least 4 members (excludes halogenated alkanes) is 6. The molecule has 112 valence electrons. The number of amides is 1. The van der Waals surface area contributed by atoms with E-state index in [4.69, 9.17) is 11.6 Å². The fourth-order valence-electron chi connectivity index (χ4n) is 2.05. The molecule has 1 aromatic rings. The van der Waals surface area contributed by atoms with Crippen LogP contribution in [0.25, 0.3) is 0 Å². The number of benzene rings is 1. The zero-order valence-corrected chi connectivity index (χ0v) is 14.4. The van der Waals surface area contributed by atoms with Crippen molar-refractivity contribution in [2.24, 2.45) is 0 Å². The Hall–Kier alpha value is -0.540. The van der Waals surface area contributed by atoms with Gasteiger partial charge in [0, 0.05) is 15.9 Å². The zero-order chi connectivity index (χ0) is 14.8. The Morgan fingerprint density at radius 1 is 1.15 bits per heavy atom. The van der Waals surface area contributed by atoms with Gasteiger partial charge in [-0.2, -0.15) is 0 Å². The monoisotopic (exact) mass is 359 g/mol. The van der Waals surface area contributed by atoms with Crippen LogP contribution in [-0.2, 0) is 4.79 Å². The summed E-state index contributed by atoms with van der Waals surface area (Å²) >= 11 is 9.26. The average molecular weight is 361 g/mol. The maximum absolute atomic E-state index is 11.8. The van der Waals surface area contributed by atoms with Crippen molar-refractivity contribution in [1.82, 2.24) is 0 Å². The zero-order valence-electron chi connectivity index (χ0n) is 12.1. The number of hydrogen-bond donors (Lipinski definition) is 1. The third-order valence-corrected chi connectivity index (χ3v) is 4.10. The molecule has 0 bridgehead atoms. The van der Waals surface area contributed by atoms with Crippen LogP contribution in [0.15, 0.2) is 22.7 Å². The molecule has 1 rings (SSSR count). The molecule has 0 unspecified atom stereocenters. The molecular formula is C16H23BrClNO. The van der Waals surface area contributed by atoms with E-state index in [1.807, 2.05) is 6.07 Å². The summed E-state index contributed by atoms with van der Waals surface area (Å²) < 4.78 is 0.818. The second-order valence-electron chi connectivity index (χ2n) is 5.04. The summed E-state index contributed by atoms with van der Waals surface area (Å²) in [5.74, 6) is 0.0709. The third kappa shape index (κ3) is 7.30. The molecular weight excluding hydrogens is 338 g/mol. The van der Waals surface area contributed by atoms with Gasteiger partial charge < -0.3 is 5.32 Å². The van der Waals surface area contributed by atoms with E-state index in [1.165, 1.54) is 32.1 Å². The molecule has 0 heterocycles. The minimum absolute atomic E-state index is 0.0709. The van der Waals surface area contributed by atoms with Gasteiger partial charge in [0.2, 0.25) is 5.91 Å². The number of carbonyl (C=O) groups excluding carboxylic acids is 1. The van der Waals surface area contributed by atoms with Crippen LogP contribution >= 0.6 is 27.5 Å². The van der Waals surface area contributed by atoms with Gasteiger partial charge in [0.05, 0.1) is 5.69 Å². The molecule has 1 amide bonds. The first-order valence-corrected chi connectivity index (χ1v) is 8.55. The van der Waals surface area contributed by atoms with Crippen LogP contribution < -0.4 is 5.32 Å². The molecule has 0 aliphatic carbocycles. The Balaban J connectivity index is 2.17. The van der Waals surface area contributed by atoms with Gasteiger partial charge in [-0.3, -0.25) is 4.79 Å². The second kappa shape index (κ2) is 10.2. The third-order valence-electron chi connectivity index (χ3n) is 3.21. The Labute approximate surface area is 135 Å². The van der Waals surface area contributed by atoms with Crippen molar-refractivity contribution in [1.29, 1.82) is 0 Å². The molecule has 0 fully saturated rings. The SMILES string of the molecule is CCCCCCCCCC(=O)Nc1ccc(Cl)cc1Br. The van der Waals surface area contributed by atoms with Crippen molar-refractivity contribution >= 4 is 39.1 Å². The van der Waals surface area contributed by atoms with Gasteiger partial charge >= 0.3 is 0 Å². The smallest absolute Gasteiger partial charge is 0.224 e. The van der Waals surface area contributed by atoms with Crippen molar-refractivity contribution in [3.63, 3.8) is 0 Å². The summed E-state index contributed by atoms with van der Waals surface area (Å²) in [4.78, 5) is 11.8. The van der Waals surface area contributed by atoms with Gasteiger partial charge in [-0.1, -0.05) is 57.0 Å². The van der Waals surface area contributed by atoms with Crippen LogP contribution in [0, 0.1) is 0 Å². The van der Waals surface area contributed by atoms with Gasteiger partial charge in [-0.15, -0.1) is 0 Å². The fraction of sp³-hybridized carbons (Fsp3) is 0.562. The lowest BCUT2D eigenvalue weighted by atomic mass is 10.1. The van der Waals surface area contributed by atoms with Gasteiger partial charge in [0.1, 0.15) is 0 Å². The van der Waals surface area contributed by atoms with E-state index in [1.54, 1.807) is 12.1 Å². The molecule has 0 radical (unpaired) electrons. The standard InChI is InChI=1S/C16H23BrClNO/c1-2-3-4-5-6-7-8-9-16(20)19-15-11-10-13(18)12-14(15)17/h10-12H,2-9H2,1H3,(H,19,20). The first kappa shape index (κ1) is 17.5. The topological polar surface area (TPSA) is 29.1 Å². The summed E-state index contributed by atoms with van der Waals surface area (Å²) in [6, 6.07) is 5.37. The van der Waals surface area contributed by atoms with E-state index in [2.05, 4.69) is 28.2 Å². The molecule has 1 aromatic carbocycles. The van der Waals surface area contributed by atoms with E-state index in [0.29, 0.717) is 11.4 Å². The molecule has 2 nitrogen and oxygen atoms in total. The van der Waals surface area contributed by atoms with Crippen molar-refractivity contribution in [3.05, 3.63) is 27.7 Å². The van der Waals surface area contributed by atoms with Crippen LogP contribution in [0.4, 0.5) is 5.69 Å². The number of halogens is 2. The summed E-state index contributed by atoms with van der Waals surface area (Å²) in [6.45, 7) is 2.22. The van der Waals surface area contributed by atoms with Crippen LogP contribution in [0.5, 0.6) is 0 Å². The lowest BCUT2D eigenvalue weighted by molar-refractivity contribution is -0.116. The Bertz CT molecular complexity index is 423. The minimum atomic E-state index is 0.0709. The lowest BCUT2D eigenvalue weighted by Crippen LogP contribution is -2.11. The van der Waals surface area contributed by atoms with E-state index in [0.717, 1.165) is 23.0 Å². The molecule has 0 aliphatic rings. The molecule has 20 heavy (non-hydrogen) atoms. The quantitative estimate of drug-likeness (QED) is 0.523. The average Bonchev–Trinajstić information content (AvgIpc) is 2.41. The molecule has 1 N–H and O–H groups in total. The van der Waals surface area contributed by atoms with Crippen molar-refractivity contribution in [2.75, 3.05) is 5.32 Å². The molecule has 0 aromatic heterocycles. The highest BCUT2D eigenvalue weighted by molar-refractivity contribution is 9.10. The second-order valence-corrected chi connectivity index (χ2v) is 6.33. The van der Waals surface area contributed by atoms with Crippen LogP contribution in [0.2, 0.25) is 5.02 Å². The van der Waals surface area contributed by atoms with Crippen LogP contribution in [-0.4, -0.2) is 5.91 Å². The Morgan fingerprint density at radius 3 is 2.45 bits per heavy atom. The van der Waals surface area contributed by atoms with Crippen molar-refractivity contribution in [3.8, 4) is 0 Å². The van der Waals surface area contributed by atoms with E-state index in [-0.39, 0.29) is 5.91 Å². The molecule has 0 saturated carbocycles. The van der Waals surface area contributed by atoms with E-state index >= 15 is 0 Å². The van der Waals surface area contributed by atoms with Crippen LogP contribution in [0.1, 0.15) is 58.3 Å². The lowest BCUT2D eigenvalue weighted by Gasteiger charge is -2.07. The highest BCUT2D eigenvalue weighted by atomic mass is 79.9. The van der Waals surface area contributed by atoms with Gasteiger partial charge in [-0.05, 0) is 40.5 Å². The first-order chi connectivity index (χ1) is 9.63. The van der Waals surface area contributed by atoms with Gasteiger partial charge in [0.25, 0.3) is 0 Å². The molecule has 0 spiro atoms. The number of nitrogens with one attached hydrogen (secondary N) is 1. The van der Waals surface area contributed by atoms with Crippen LogP contribution in [0.3, 0.4) is 0 Å². The summed E-state index contributed by atoms with van der Waals surface area (Å²) in [5, 5.41) is 3.56. The molecule has 0 aliphatic heterocycles. The number of anilines is 1. The summed E-state index contributed by atoms with van der Waals surface area (Å²) in [6.07, 6.45) is 9.13. The maximum atomic E-state index is 11.8. The fourth-order valence-corrected chi connectivity index (χ4v) is 2.83. The van der Waals surface area contributed by atoms with E-state index < -0.39 is 0 Å². The number of carbonyl (C=O) groups is 1. The van der Waals surface area contributed by atoms with Crippen molar-refractivity contribution in [2.45, 2.75) is 58.3 Å². The minimum Gasteiger partial charge on any atom is -0.325 e. The highest BCUT2D eigenvalue weighted by Crippen LogP contribution is 2.26. The first-order valence-electron chi connectivity index (χ1n) is 7.38. The molecule has 4 heteroatoms. The Kier molecular flexibility index (Phi) is 8.95. The predicted octanol–water partition coefficient (Wildman–Crippen LogP) is 6.18. The summed E-state index contributed by atoms with van der Waals surface area (Å²) in [5.41, 5.74) is 0.780. The Morgan fingerprint density at radius 2 is 1.80 bits per heavy atom. The largest absolute Gasteiger partial charge is 0.325 e. The van der Waals surface area contributed by atoms with Gasteiger partial charge in [-0.25, -0.2) is 0 Å². The highest BCUT2D eigenvalue weighted by Gasteiger charge is 2.05.